The number of likely N-dealkylation sites (N-methyl/N-ethyl adjacent to an activating group) is 1. The third-order valence-electron chi connectivity index (χ3n) is 2.75. The number of hydrogen-bond acceptors (Lipinski definition) is 4. The molecule has 0 heterocycles. The van der Waals surface area contributed by atoms with Gasteiger partial charge in [-0.15, -0.1) is 0 Å². The van der Waals surface area contributed by atoms with E-state index >= 15 is 0 Å². The first-order valence-corrected chi connectivity index (χ1v) is 5.40. The minimum absolute atomic E-state index is 0.0332. The minimum atomic E-state index is -0.814. The van der Waals surface area contributed by atoms with Gasteiger partial charge in [-0.05, 0) is 36.0 Å². The fraction of sp³-hybridized carbons (Fsp3) is 0.231. The second-order valence-electron chi connectivity index (χ2n) is 3.98. The molecule has 1 atom stereocenters. The van der Waals surface area contributed by atoms with Gasteiger partial charge in [0.1, 0.15) is 11.5 Å². The SMILES string of the molecule is CNCC(O)c1c(O)ccc2ccc(O)cc12. The van der Waals surface area contributed by atoms with Crippen molar-refractivity contribution >= 4 is 10.8 Å². The summed E-state index contributed by atoms with van der Waals surface area (Å²) < 4.78 is 0. The van der Waals surface area contributed by atoms with Crippen LogP contribution in [-0.4, -0.2) is 28.9 Å². The van der Waals surface area contributed by atoms with Crippen LogP contribution < -0.4 is 5.32 Å². The van der Waals surface area contributed by atoms with Crippen molar-refractivity contribution in [2.45, 2.75) is 6.10 Å². The number of phenolic OH excluding ortho intramolecular Hbond substituents is 2. The summed E-state index contributed by atoms with van der Waals surface area (Å²) in [5.74, 6) is 0.145. The van der Waals surface area contributed by atoms with Crippen LogP contribution in [0.4, 0.5) is 0 Å². The number of nitrogens with one attached hydrogen (secondary N) is 1. The van der Waals surface area contributed by atoms with Gasteiger partial charge in [-0.2, -0.15) is 0 Å². The molecule has 0 fully saturated rings. The third-order valence-corrected chi connectivity index (χ3v) is 2.75. The Morgan fingerprint density at radius 1 is 1.18 bits per heavy atom. The second-order valence-corrected chi connectivity index (χ2v) is 3.98. The van der Waals surface area contributed by atoms with E-state index in [9.17, 15) is 15.3 Å². The average Bonchev–Trinajstić information content (AvgIpc) is 2.28. The minimum Gasteiger partial charge on any atom is -0.508 e. The molecule has 0 aliphatic rings. The number of fused-ring (bicyclic) bond motifs is 1. The quantitative estimate of drug-likeness (QED) is 0.648. The van der Waals surface area contributed by atoms with Crippen LogP contribution >= 0.6 is 0 Å². The molecule has 4 heteroatoms. The normalized spacial score (nSPS) is 12.8. The highest BCUT2D eigenvalue weighted by Crippen LogP contribution is 2.33. The number of aromatic hydroxyl groups is 2. The van der Waals surface area contributed by atoms with E-state index in [0.29, 0.717) is 17.5 Å². The molecule has 2 aromatic rings. The van der Waals surface area contributed by atoms with Crippen LogP contribution in [-0.2, 0) is 0 Å². The Morgan fingerprint density at radius 2 is 1.88 bits per heavy atom. The van der Waals surface area contributed by atoms with Gasteiger partial charge in [0, 0.05) is 12.1 Å². The molecule has 0 aliphatic carbocycles. The molecule has 0 amide bonds. The van der Waals surface area contributed by atoms with Crippen LogP contribution in [0, 0.1) is 0 Å². The van der Waals surface area contributed by atoms with Gasteiger partial charge in [-0.25, -0.2) is 0 Å². The molecule has 4 N–H and O–H groups in total. The summed E-state index contributed by atoms with van der Waals surface area (Å²) in [5.41, 5.74) is 0.438. The molecule has 0 spiro atoms. The topological polar surface area (TPSA) is 72.7 Å². The molecule has 0 bridgehead atoms. The van der Waals surface area contributed by atoms with Gasteiger partial charge < -0.3 is 20.6 Å². The van der Waals surface area contributed by atoms with Crippen molar-refractivity contribution in [3.8, 4) is 11.5 Å². The monoisotopic (exact) mass is 233 g/mol. The number of phenols is 2. The Labute approximate surface area is 99.1 Å². The lowest BCUT2D eigenvalue weighted by atomic mass is 9.99. The Kier molecular flexibility index (Phi) is 3.17. The Morgan fingerprint density at radius 3 is 2.59 bits per heavy atom. The molecule has 0 radical (unpaired) electrons. The van der Waals surface area contributed by atoms with Crippen LogP contribution in [0.3, 0.4) is 0 Å². The van der Waals surface area contributed by atoms with Crippen molar-refractivity contribution in [2.75, 3.05) is 13.6 Å². The van der Waals surface area contributed by atoms with Gasteiger partial charge in [-0.3, -0.25) is 0 Å². The highest BCUT2D eigenvalue weighted by atomic mass is 16.3. The number of benzene rings is 2. The van der Waals surface area contributed by atoms with Crippen LogP contribution in [0.5, 0.6) is 11.5 Å². The third kappa shape index (κ3) is 2.18. The van der Waals surface area contributed by atoms with E-state index in [4.69, 9.17) is 0 Å². The Bertz CT molecular complexity index is 534. The van der Waals surface area contributed by atoms with Crippen LogP contribution in [0.25, 0.3) is 10.8 Å². The summed E-state index contributed by atoms with van der Waals surface area (Å²) >= 11 is 0. The van der Waals surface area contributed by atoms with Gasteiger partial charge in [0.2, 0.25) is 0 Å². The van der Waals surface area contributed by atoms with E-state index in [1.807, 2.05) is 0 Å². The van der Waals surface area contributed by atoms with Gasteiger partial charge in [0.05, 0.1) is 6.10 Å². The molecule has 17 heavy (non-hydrogen) atoms. The predicted octanol–water partition coefficient (Wildman–Crippen LogP) is 1.50. The molecular formula is C13H15NO3. The van der Waals surface area contributed by atoms with Crippen LogP contribution in [0.15, 0.2) is 30.3 Å². The van der Waals surface area contributed by atoms with E-state index in [0.717, 1.165) is 5.39 Å². The predicted molar refractivity (Wildman–Crippen MR) is 66.2 cm³/mol. The Hall–Kier alpha value is -1.78. The number of aliphatic hydroxyl groups is 1. The van der Waals surface area contributed by atoms with Gasteiger partial charge >= 0.3 is 0 Å². The lowest BCUT2D eigenvalue weighted by molar-refractivity contribution is 0.175. The van der Waals surface area contributed by atoms with Gasteiger partial charge in [0.15, 0.2) is 0 Å². The molecule has 0 aromatic heterocycles. The lowest BCUT2D eigenvalue weighted by Gasteiger charge is -2.15. The molecular weight excluding hydrogens is 218 g/mol. The fourth-order valence-corrected chi connectivity index (χ4v) is 1.96. The first-order valence-electron chi connectivity index (χ1n) is 5.40. The largest absolute Gasteiger partial charge is 0.508 e. The molecule has 90 valence electrons. The standard InChI is InChI=1S/C13H15NO3/c1-14-7-12(17)13-10-6-9(15)4-2-8(10)3-5-11(13)16/h2-6,12,14-17H,7H2,1H3. The van der Waals surface area contributed by atoms with Crippen molar-refractivity contribution in [3.63, 3.8) is 0 Å². The molecule has 2 aromatic carbocycles. The van der Waals surface area contributed by atoms with Crippen molar-refractivity contribution < 1.29 is 15.3 Å². The fourth-order valence-electron chi connectivity index (χ4n) is 1.96. The maximum atomic E-state index is 9.99. The first-order chi connectivity index (χ1) is 8.13. The first kappa shape index (κ1) is 11.7. The zero-order valence-corrected chi connectivity index (χ0v) is 9.51. The molecule has 0 saturated heterocycles. The van der Waals surface area contributed by atoms with Crippen molar-refractivity contribution in [2.24, 2.45) is 0 Å². The zero-order valence-electron chi connectivity index (χ0n) is 9.51. The summed E-state index contributed by atoms with van der Waals surface area (Å²) in [5, 5.41) is 33.7. The van der Waals surface area contributed by atoms with E-state index < -0.39 is 6.10 Å². The van der Waals surface area contributed by atoms with Crippen LogP contribution in [0.1, 0.15) is 11.7 Å². The summed E-state index contributed by atoms with van der Waals surface area (Å²) in [6, 6.07) is 8.17. The van der Waals surface area contributed by atoms with E-state index in [2.05, 4.69) is 5.32 Å². The van der Waals surface area contributed by atoms with Crippen molar-refractivity contribution in [1.82, 2.24) is 5.32 Å². The summed E-state index contributed by atoms with van der Waals surface area (Å²) in [6.45, 7) is 0.336. The van der Waals surface area contributed by atoms with E-state index in [-0.39, 0.29) is 11.5 Å². The van der Waals surface area contributed by atoms with Crippen molar-refractivity contribution in [3.05, 3.63) is 35.9 Å². The number of aliphatic hydroxyl groups excluding tert-OH is 1. The number of rotatable bonds is 3. The highest BCUT2D eigenvalue weighted by molar-refractivity contribution is 5.89. The summed E-state index contributed by atoms with van der Waals surface area (Å²) in [7, 11) is 1.73. The maximum Gasteiger partial charge on any atom is 0.122 e. The average molecular weight is 233 g/mol. The highest BCUT2D eigenvalue weighted by Gasteiger charge is 2.15. The lowest BCUT2D eigenvalue weighted by Crippen LogP contribution is -2.17. The molecule has 0 saturated carbocycles. The second kappa shape index (κ2) is 4.61. The molecule has 0 aliphatic heterocycles. The van der Waals surface area contributed by atoms with Gasteiger partial charge in [0.25, 0.3) is 0 Å². The smallest absolute Gasteiger partial charge is 0.122 e. The van der Waals surface area contributed by atoms with Gasteiger partial charge in [-0.1, -0.05) is 12.1 Å². The zero-order chi connectivity index (χ0) is 12.4. The van der Waals surface area contributed by atoms with E-state index in [1.54, 1.807) is 37.4 Å². The number of hydrogen-bond donors (Lipinski definition) is 4. The van der Waals surface area contributed by atoms with E-state index in [1.165, 1.54) is 0 Å². The van der Waals surface area contributed by atoms with Crippen molar-refractivity contribution in [1.29, 1.82) is 0 Å². The van der Waals surface area contributed by atoms with Crippen LogP contribution in [0.2, 0.25) is 0 Å². The maximum absolute atomic E-state index is 9.99. The molecule has 4 nitrogen and oxygen atoms in total. The Balaban J connectivity index is 2.65. The summed E-state index contributed by atoms with van der Waals surface area (Å²) in [4.78, 5) is 0. The summed E-state index contributed by atoms with van der Waals surface area (Å²) in [6.07, 6.45) is -0.814. The molecule has 2 rings (SSSR count). The molecule has 1 unspecified atom stereocenters.